The molecule has 100 valence electrons. The number of rotatable bonds is 2. The van der Waals surface area contributed by atoms with E-state index in [0.717, 1.165) is 17.9 Å². The second-order valence-electron chi connectivity index (χ2n) is 7.64. The SMILES string of the molecule is CC1C=CC(C23CCCC2C3NC(C)(C)C)=CC1. The van der Waals surface area contributed by atoms with Crippen LogP contribution in [0.2, 0.25) is 0 Å². The highest BCUT2D eigenvalue weighted by atomic mass is 15.1. The lowest BCUT2D eigenvalue weighted by Crippen LogP contribution is -2.40. The van der Waals surface area contributed by atoms with Gasteiger partial charge in [-0.05, 0) is 57.4 Å². The molecule has 4 unspecified atom stereocenters. The molecule has 0 aromatic heterocycles. The first-order chi connectivity index (χ1) is 8.43. The summed E-state index contributed by atoms with van der Waals surface area (Å²) in [7, 11) is 0. The van der Waals surface area contributed by atoms with Crippen LogP contribution in [0.4, 0.5) is 0 Å². The minimum absolute atomic E-state index is 0.244. The highest BCUT2D eigenvalue weighted by Gasteiger charge is 2.68. The highest BCUT2D eigenvalue weighted by molar-refractivity contribution is 5.43. The number of allylic oxidation sites excluding steroid dienone is 3. The van der Waals surface area contributed by atoms with Gasteiger partial charge in [-0.1, -0.05) is 31.6 Å². The molecule has 18 heavy (non-hydrogen) atoms. The van der Waals surface area contributed by atoms with E-state index in [4.69, 9.17) is 0 Å². The van der Waals surface area contributed by atoms with E-state index in [1.165, 1.54) is 25.7 Å². The molecule has 0 spiro atoms. The molecule has 1 heteroatoms. The van der Waals surface area contributed by atoms with Crippen molar-refractivity contribution in [3.05, 3.63) is 23.8 Å². The van der Waals surface area contributed by atoms with Crippen molar-refractivity contribution in [3.63, 3.8) is 0 Å². The standard InChI is InChI=1S/C17H27N/c1-12-7-9-13(10-8-12)17-11-5-6-14(17)15(17)18-16(2,3)4/h7,9-10,12,14-15,18H,5-6,8,11H2,1-4H3. The molecule has 3 aliphatic rings. The van der Waals surface area contributed by atoms with Crippen LogP contribution in [0.5, 0.6) is 0 Å². The topological polar surface area (TPSA) is 12.0 Å². The first kappa shape index (κ1) is 12.5. The Morgan fingerprint density at radius 3 is 2.72 bits per heavy atom. The lowest BCUT2D eigenvalue weighted by molar-refractivity contribution is 0.372. The minimum atomic E-state index is 0.244. The van der Waals surface area contributed by atoms with Crippen LogP contribution in [0.1, 0.15) is 53.4 Å². The zero-order valence-electron chi connectivity index (χ0n) is 12.3. The van der Waals surface area contributed by atoms with Crippen molar-refractivity contribution in [2.45, 2.75) is 65.0 Å². The van der Waals surface area contributed by atoms with Crippen LogP contribution < -0.4 is 5.32 Å². The van der Waals surface area contributed by atoms with Crippen LogP contribution in [0.15, 0.2) is 23.8 Å². The Morgan fingerprint density at radius 2 is 2.11 bits per heavy atom. The normalized spacial score (nSPS) is 42.7. The fraction of sp³-hybridized carbons (Fsp3) is 0.765. The quantitative estimate of drug-likeness (QED) is 0.773. The van der Waals surface area contributed by atoms with Crippen molar-refractivity contribution in [1.29, 1.82) is 0 Å². The Hall–Kier alpha value is -0.560. The first-order valence-electron chi connectivity index (χ1n) is 7.60. The van der Waals surface area contributed by atoms with E-state index in [-0.39, 0.29) is 5.54 Å². The van der Waals surface area contributed by atoms with Gasteiger partial charge in [0.1, 0.15) is 0 Å². The average molecular weight is 245 g/mol. The second-order valence-corrected chi connectivity index (χ2v) is 7.64. The predicted octanol–water partition coefficient (Wildman–Crippen LogP) is 4.07. The van der Waals surface area contributed by atoms with E-state index in [9.17, 15) is 0 Å². The maximum absolute atomic E-state index is 3.87. The molecule has 0 aromatic carbocycles. The number of fused-ring (bicyclic) bond motifs is 1. The van der Waals surface area contributed by atoms with Gasteiger partial charge in [0.2, 0.25) is 0 Å². The Morgan fingerprint density at radius 1 is 1.33 bits per heavy atom. The average Bonchev–Trinajstić information content (AvgIpc) is 2.71. The molecular formula is C17H27N. The van der Waals surface area contributed by atoms with Crippen molar-refractivity contribution >= 4 is 0 Å². The van der Waals surface area contributed by atoms with Gasteiger partial charge in [-0.2, -0.15) is 0 Å². The molecule has 1 nitrogen and oxygen atoms in total. The maximum atomic E-state index is 3.87. The number of nitrogens with one attached hydrogen (secondary N) is 1. The fourth-order valence-electron chi connectivity index (χ4n) is 4.20. The van der Waals surface area contributed by atoms with E-state index in [0.29, 0.717) is 5.41 Å². The lowest BCUT2D eigenvalue weighted by atomic mass is 9.85. The van der Waals surface area contributed by atoms with Crippen molar-refractivity contribution in [3.8, 4) is 0 Å². The van der Waals surface area contributed by atoms with Crippen molar-refractivity contribution in [1.82, 2.24) is 5.32 Å². The molecule has 2 fully saturated rings. The summed E-state index contributed by atoms with van der Waals surface area (Å²) in [6, 6.07) is 0.732. The first-order valence-corrected chi connectivity index (χ1v) is 7.60. The van der Waals surface area contributed by atoms with Crippen molar-refractivity contribution in [2.75, 3.05) is 0 Å². The van der Waals surface area contributed by atoms with Gasteiger partial charge in [0.05, 0.1) is 0 Å². The van der Waals surface area contributed by atoms with Crippen LogP contribution in [-0.4, -0.2) is 11.6 Å². The van der Waals surface area contributed by atoms with Gasteiger partial charge in [0, 0.05) is 17.0 Å². The van der Waals surface area contributed by atoms with Crippen LogP contribution in [0.25, 0.3) is 0 Å². The van der Waals surface area contributed by atoms with E-state index in [1.54, 1.807) is 5.57 Å². The predicted molar refractivity (Wildman–Crippen MR) is 77.5 cm³/mol. The van der Waals surface area contributed by atoms with Gasteiger partial charge >= 0.3 is 0 Å². The summed E-state index contributed by atoms with van der Waals surface area (Å²) in [6.45, 7) is 9.19. The molecule has 0 aromatic rings. The molecule has 1 N–H and O–H groups in total. The molecular weight excluding hydrogens is 218 g/mol. The molecule has 0 aliphatic heterocycles. The highest BCUT2D eigenvalue weighted by Crippen LogP contribution is 2.68. The molecule has 3 rings (SSSR count). The van der Waals surface area contributed by atoms with E-state index in [2.05, 4.69) is 51.2 Å². The summed E-state index contributed by atoms with van der Waals surface area (Å²) >= 11 is 0. The largest absolute Gasteiger partial charge is 0.308 e. The molecule has 0 amide bonds. The van der Waals surface area contributed by atoms with E-state index in [1.807, 2.05) is 0 Å². The van der Waals surface area contributed by atoms with Gasteiger partial charge in [-0.3, -0.25) is 0 Å². The van der Waals surface area contributed by atoms with Gasteiger partial charge in [-0.15, -0.1) is 0 Å². The molecule has 3 aliphatic carbocycles. The van der Waals surface area contributed by atoms with Crippen molar-refractivity contribution < 1.29 is 0 Å². The zero-order chi connectivity index (χ0) is 13.0. The molecule has 4 atom stereocenters. The van der Waals surface area contributed by atoms with Gasteiger partial charge < -0.3 is 5.32 Å². The summed E-state index contributed by atoms with van der Waals surface area (Å²) in [6.07, 6.45) is 12.8. The van der Waals surface area contributed by atoms with Crippen LogP contribution >= 0.6 is 0 Å². The Labute approximate surface area is 112 Å². The number of hydrogen-bond acceptors (Lipinski definition) is 1. The Balaban J connectivity index is 1.80. The summed E-state index contributed by atoms with van der Waals surface area (Å²) < 4.78 is 0. The lowest BCUT2D eigenvalue weighted by Gasteiger charge is -2.26. The Bertz CT molecular complexity index is 398. The van der Waals surface area contributed by atoms with Gasteiger partial charge in [-0.25, -0.2) is 0 Å². The maximum Gasteiger partial charge on any atom is 0.0209 e. The summed E-state index contributed by atoms with van der Waals surface area (Å²) in [5.41, 5.74) is 2.39. The second kappa shape index (κ2) is 3.96. The smallest absolute Gasteiger partial charge is 0.0209 e. The summed E-state index contributed by atoms with van der Waals surface area (Å²) in [5, 5.41) is 3.87. The third kappa shape index (κ3) is 1.87. The zero-order valence-corrected chi connectivity index (χ0v) is 12.3. The van der Waals surface area contributed by atoms with Crippen LogP contribution in [0, 0.1) is 17.3 Å². The molecule has 0 radical (unpaired) electrons. The van der Waals surface area contributed by atoms with Gasteiger partial charge in [0.25, 0.3) is 0 Å². The molecule has 0 saturated heterocycles. The summed E-state index contributed by atoms with van der Waals surface area (Å²) in [5.74, 6) is 1.64. The minimum Gasteiger partial charge on any atom is -0.308 e. The summed E-state index contributed by atoms with van der Waals surface area (Å²) in [4.78, 5) is 0. The van der Waals surface area contributed by atoms with E-state index >= 15 is 0 Å². The Kier molecular flexibility index (Phi) is 2.75. The third-order valence-corrected chi connectivity index (χ3v) is 5.06. The molecule has 2 saturated carbocycles. The fourth-order valence-corrected chi connectivity index (χ4v) is 4.20. The third-order valence-electron chi connectivity index (χ3n) is 5.06. The van der Waals surface area contributed by atoms with Gasteiger partial charge in [0.15, 0.2) is 0 Å². The van der Waals surface area contributed by atoms with Crippen LogP contribution in [0.3, 0.4) is 0 Å². The number of hydrogen-bond donors (Lipinski definition) is 1. The van der Waals surface area contributed by atoms with Crippen molar-refractivity contribution in [2.24, 2.45) is 17.3 Å². The molecule has 0 heterocycles. The monoisotopic (exact) mass is 245 g/mol. The van der Waals surface area contributed by atoms with Crippen LogP contribution in [-0.2, 0) is 0 Å². The molecule has 0 bridgehead atoms. The van der Waals surface area contributed by atoms with E-state index < -0.39 is 0 Å².